The molecule has 8 heteroatoms. The van der Waals surface area contributed by atoms with E-state index in [1.807, 2.05) is 12.1 Å². The Morgan fingerprint density at radius 2 is 1.82 bits per heavy atom. The summed E-state index contributed by atoms with van der Waals surface area (Å²) in [5, 5.41) is 0.980. The number of ether oxygens (including phenoxy) is 2. The van der Waals surface area contributed by atoms with Crippen LogP contribution in [0.25, 0.3) is 11.0 Å². The van der Waals surface area contributed by atoms with E-state index in [1.165, 1.54) is 0 Å². The van der Waals surface area contributed by atoms with Crippen molar-refractivity contribution in [3.8, 4) is 0 Å². The Balaban J connectivity index is 1.69. The second-order valence-electron chi connectivity index (χ2n) is 7.99. The Hall–Kier alpha value is -2.03. The Kier molecular flexibility index (Phi) is 5.61. The van der Waals surface area contributed by atoms with Crippen LogP contribution in [0.4, 0.5) is 11.8 Å². The maximum absolute atomic E-state index is 5.94. The summed E-state index contributed by atoms with van der Waals surface area (Å²) in [6.07, 6.45) is 0.289. The fourth-order valence-electron chi connectivity index (χ4n) is 4.15. The van der Waals surface area contributed by atoms with Gasteiger partial charge in [-0.15, -0.1) is 0 Å². The number of aromatic nitrogens is 3. The van der Waals surface area contributed by atoms with Crippen LogP contribution in [-0.4, -0.2) is 78.0 Å². The van der Waals surface area contributed by atoms with Crippen molar-refractivity contribution in [2.45, 2.75) is 38.9 Å². The van der Waals surface area contributed by atoms with E-state index in [1.54, 1.807) is 0 Å². The molecule has 0 aromatic carbocycles. The molecule has 2 aromatic rings. The highest BCUT2D eigenvalue weighted by atomic mass is 16.5. The first-order valence-corrected chi connectivity index (χ1v) is 10.1. The van der Waals surface area contributed by atoms with E-state index in [2.05, 4.69) is 35.6 Å². The summed E-state index contributed by atoms with van der Waals surface area (Å²) in [7, 11) is 0. The van der Waals surface area contributed by atoms with E-state index in [-0.39, 0.29) is 18.1 Å². The number of rotatable bonds is 4. The minimum Gasteiger partial charge on any atom is -0.384 e. The first-order chi connectivity index (χ1) is 13.5. The largest absolute Gasteiger partial charge is 0.384 e. The van der Waals surface area contributed by atoms with Crippen molar-refractivity contribution >= 4 is 22.8 Å². The molecule has 152 valence electrons. The SMILES string of the molecule is CC1CN(c2nc(C(C)CN3CCOCC3)c3ccc(N)nc3n2)CC(C)O1. The molecule has 4 heterocycles. The molecule has 2 fully saturated rings. The van der Waals surface area contributed by atoms with Crippen LogP contribution in [0.2, 0.25) is 0 Å². The number of hydrogen-bond donors (Lipinski definition) is 1. The van der Waals surface area contributed by atoms with Crippen LogP contribution in [0.15, 0.2) is 12.1 Å². The summed E-state index contributed by atoms with van der Waals surface area (Å²) in [6, 6.07) is 3.83. The molecule has 0 bridgehead atoms. The number of hydrogen-bond acceptors (Lipinski definition) is 8. The lowest BCUT2D eigenvalue weighted by Gasteiger charge is -2.35. The molecular weight excluding hydrogens is 356 g/mol. The van der Waals surface area contributed by atoms with Gasteiger partial charge in [0.05, 0.1) is 31.1 Å². The fraction of sp³-hybridized carbons (Fsp3) is 0.650. The summed E-state index contributed by atoms with van der Waals surface area (Å²) in [5.74, 6) is 1.45. The molecule has 2 aliphatic rings. The average molecular weight is 387 g/mol. The van der Waals surface area contributed by atoms with Gasteiger partial charge < -0.3 is 20.1 Å². The normalized spacial score (nSPS) is 25.2. The van der Waals surface area contributed by atoms with Crippen molar-refractivity contribution in [1.82, 2.24) is 19.9 Å². The van der Waals surface area contributed by atoms with E-state index < -0.39 is 0 Å². The molecule has 0 saturated carbocycles. The predicted molar refractivity (Wildman–Crippen MR) is 110 cm³/mol. The molecule has 2 aromatic heterocycles. The Labute approximate surface area is 166 Å². The summed E-state index contributed by atoms with van der Waals surface area (Å²) >= 11 is 0. The molecule has 0 aliphatic carbocycles. The highest BCUT2D eigenvalue weighted by molar-refractivity contribution is 5.80. The third-order valence-electron chi connectivity index (χ3n) is 5.40. The molecule has 8 nitrogen and oxygen atoms in total. The van der Waals surface area contributed by atoms with Gasteiger partial charge in [0.25, 0.3) is 0 Å². The number of anilines is 2. The van der Waals surface area contributed by atoms with Crippen molar-refractivity contribution in [2.75, 3.05) is 56.6 Å². The molecule has 2 saturated heterocycles. The van der Waals surface area contributed by atoms with Gasteiger partial charge in [-0.1, -0.05) is 6.92 Å². The van der Waals surface area contributed by atoms with E-state index in [0.29, 0.717) is 11.5 Å². The lowest BCUT2D eigenvalue weighted by atomic mass is 10.0. The molecule has 2 N–H and O–H groups in total. The molecule has 3 unspecified atom stereocenters. The van der Waals surface area contributed by atoms with Gasteiger partial charge in [-0.3, -0.25) is 4.90 Å². The van der Waals surface area contributed by atoms with Crippen molar-refractivity contribution in [3.05, 3.63) is 17.8 Å². The lowest BCUT2D eigenvalue weighted by molar-refractivity contribution is -0.00572. The van der Waals surface area contributed by atoms with Crippen molar-refractivity contribution in [2.24, 2.45) is 0 Å². The van der Waals surface area contributed by atoms with Gasteiger partial charge in [-0.05, 0) is 26.0 Å². The molecule has 2 aliphatic heterocycles. The molecular formula is C20H30N6O2. The first-order valence-electron chi connectivity index (χ1n) is 10.1. The van der Waals surface area contributed by atoms with Gasteiger partial charge in [0.2, 0.25) is 5.95 Å². The number of nitrogens with zero attached hydrogens (tertiary/aromatic N) is 5. The van der Waals surface area contributed by atoms with Gasteiger partial charge in [0, 0.05) is 44.0 Å². The second kappa shape index (κ2) is 8.14. The number of pyridine rings is 1. The lowest BCUT2D eigenvalue weighted by Crippen LogP contribution is -2.46. The van der Waals surface area contributed by atoms with Gasteiger partial charge in [-0.25, -0.2) is 9.97 Å². The zero-order chi connectivity index (χ0) is 19.7. The van der Waals surface area contributed by atoms with Crippen molar-refractivity contribution < 1.29 is 9.47 Å². The number of nitrogen functional groups attached to an aromatic ring is 1. The van der Waals surface area contributed by atoms with Crippen molar-refractivity contribution in [3.63, 3.8) is 0 Å². The number of morpholine rings is 2. The molecule has 4 rings (SSSR count). The van der Waals surface area contributed by atoms with Gasteiger partial charge >= 0.3 is 0 Å². The zero-order valence-electron chi connectivity index (χ0n) is 17.0. The van der Waals surface area contributed by atoms with E-state index >= 15 is 0 Å². The first kappa shape index (κ1) is 19.3. The summed E-state index contributed by atoms with van der Waals surface area (Å²) in [4.78, 5) is 18.9. The molecule has 0 amide bonds. The molecule has 3 atom stereocenters. The standard InChI is InChI=1S/C20H30N6O2/c1-13(10-25-6-8-27-9-7-25)18-16-4-5-17(21)22-19(16)24-20(23-18)26-11-14(2)28-15(3)12-26/h4-5,13-15H,6-12H2,1-3H3,(H2,21,22,23,24). The smallest absolute Gasteiger partial charge is 0.227 e. The highest BCUT2D eigenvalue weighted by Crippen LogP contribution is 2.27. The van der Waals surface area contributed by atoms with Crippen LogP contribution in [0.5, 0.6) is 0 Å². The topological polar surface area (TPSA) is 89.6 Å². The van der Waals surface area contributed by atoms with E-state index in [9.17, 15) is 0 Å². The van der Waals surface area contributed by atoms with Crippen molar-refractivity contribution in [1.29, 1.82) is 0 Å². The maximum atomic E-state index is 5.94. The Morgan fingerprint density at radius 1 is 1.11 bits per heavy atom. The summed E-state index contributed by atoms with van der Waals surface area (Å²) in [6.45, 7) is 12.4. The second-order valence-corrected chi connectivity index (χ2v) is 7.99. The fourth-order valence-corrected chi connectivity index (χ4v) is 4.15. The van der Waals surface area contributed by atoms with Crippen LogP contribution < -0.4 is 10.6 Å². The Morgan fingerprint density at radius 3 is 2.54 bits per heavy atom. The third kappa shape index (κ3) is 4.19. The van der Waals surface area contributed by atoms with Crippen LogP contribution >= 0.6 is 0 Å². The highest BCUT2D eigenvalue weighted by Gasteiger charge is 2.26. The van der Waals surface area contributed by atoms with Gasteiger partial charge in [0.1, 0.15) is 5.82 Å². The maximum Gasteiger partial charge on any atom is 0.227 e. The monoisotopic (exact) mass is 386 g/mol. The number of nitrogens with two attached hydrogens (primary N) is 1. The average Bonchev–Trinajstić information content (AvgIpc) is 2.66. The Bertz CT molecular complexity index is 816. The summed E-state index contributed by atoms with van der Waals surface area (Å²) in [5.41, 5.74) is 7.65. The van der Waals surface area contributed by atoms with Crippen LogP contribution in [0.1, 0.15) is 32.4 Å². The quantitative estimate of drug-likeness (QED) is 0.849. The predicted octanol–water partition coefficient (Wildman–Crippen LogP) is 1.66. The molecule has 0 spiro atoms. The van der Waals surface area contributed by atoms with Crippen LogP contribution in [0, 0.1) is 0 Å². The van der Waals surface area contributed by atoms with E-state index in [0.717, 1.165) is 63.0 Å². The summed E-state index contributed by atoms with van der Waals surface area (Å²) < 4.78 is 11.4. The van der Waals surface area contributed by atoms with Crippen LogP contribution in [-0.2, 0) is 9.47 Å². The zero-order valence-corrected chi connectivity index (χ0v) is 17.0. The van der Waals surface area contributed by atoms with Crippen LogP contribution in [0.3, 0.4) is 0 Å². The minimum atomic E-state index is 0.145. The molecule has 28 heavy (non-hydrogen) atoms. The van der Waals surface area contributed by atoms with Gasteiger partial charge in [0.15, 0.2) is 5.65 Å². The minimum absolute atomic E-state index is 0.145. The number of fused-ring (bicyclic) bond motifs is 1. The van der Waals surface area contributed by atoms with E-state index in [4.69, 9.17) is 25.2 Å². The third-order valence-corrected chi connectivity index (χ3v) is 5.40. The molecule has 0 radical (unpaired) electrons. The van der Waals surface area contributed by atoms with Gasteiger partial charge in [-0.2, -0.15) is 4.98 Å².